The van der Waals surface area contributed by atoms with Gasteiger partial charge in [0.1, 0.15) is 0 Å². The molecular weight excluding hydrogens is 230 g/mol. The number of ether oxygens (including phenoxy) is 1. The summed E-state index contributed by atoms with van der Waals surface area (Å²) in [4.78, 5) is 13.4. The van der Waals surface area contributed by atoms with Crippen molar-refractivity contribution in [3.8, 4) is 0 Å². The molecule has 0 saturated heterocycles. The molecule has 0 amide bonds. The summed E-state index contributed by atoms with van der Waals surface area (Å²) in [6.45, 7) is 3.78. The number of hydrogen-bond acceptors (Lipinski definition) is 4. The van der Waals surface area contributed by atoms with Gasteiger partial charge in [-0.15, -0.1) is 0 Å². The molecule has 1 N–H and O–H groups in total. The summed E-state index contributed by atoms with van der Waals surface area (Å²) in [5.74, 6) is -0.406. The van der Waals surface area contributed by atoms with Crippen LogP contribution in [0.3, 0.4) is 0 Å². The van der Waals surface area contributed by atoms with Crippen molar-refractivity contribution in [3.05, 3.63) is 35.9 Å². The molecule has 100 valence electrons. The van der Waals surface area contributed by atoms with Crippen LogP contribution in [0.4, 0.5) is 0 Å². The van der Waals surface area contributed by atoms with Crippen molar-refractivity contribution in [2.75, 3.05) is 26.8 Å². The van der Waals surface area contributed by atoms with Crippen molar-refractivity contribution < 1.29 is 14.6 Å². The van der Waals surface area contributed by atoms with E-state index in [2.05, 4.69) is 4.90 Å². The van der Waals surface area contributed by atoms with Gasteiger partial charge in [-0.3, -0.25) is 9.69 Å². The molecule has 0 bridgehead atoms. The minimum absolute atomic E-state index is 0.0841. The van der Waals surface area contributed by atoms with Crippen LogP contribution in [0.2, 0.25) is 0 Å². The molecule has 1 rings (SSSR count). The molecule has 0 aliphatic carbocycles. The number of carbonyl (C=O) groups excluding carboxylic acids is 1. The first-order valence-electron chi connectivity index (χ1n) is 6.12. The Bertz CT molecular complexity index is 353. The van der Waals surface area contributed by atoms with Crippen molar-refractivity contribution in [1.82, 2.24) is 4.90 Å². The lowest BCUT2D eigenvalue weighted by Gasteiger charge is -2.23. The molecule has 1 aromatic rings. The monoisotopic (exact) mass is 251 g/mol. The van der Waals surface area contributed by atoms with Crippen LogP contribution in [0, 0.1) is 5.92 Å². The predicted octanol–water partition coefficient (Wildman–Crippen LogP) is 1.29. The van der Waals surface area contributed by atoms with Crippen LogP contribution in [0.15, 0.2) is 30.3 Å². The number of hydrogen-bond donors (Lipinski definition) is 1. The minimum Gasteiger partial charge on any atom is -0.469 e. The lowest BCUT2D eigenvalue weighted by atomic mass is 10.1. The lowest BCUT2D eigenvalue weighted by molar-refractivity contribution is -0.145. The van der Waals surface area contributed by atoms with Gasteiger partial charge in [0.25, 0.3) is 0 Å². The van der Waals surface area contributed by atoms with E-state index in [-0.39, 0.29) is 18.5 Å². The number of benzene rings is 1. The second kappa shape index (κ2) is 7.84. The molecule has 0 aliphatic rings. The van der Waals surface area contributed by atoms with Gasteiger partial charge < -0.3 is 9.84 Å². The standard InChI is InChI=1S/C14H21NO3/c1-12(14(17)18-2)10-15(8-9-16)11-13-6-4-3-5-7-13/h3-7,12,16H,8-11H2,1-2H3. The van der Waals surface area contributed by atoms with Crippen molar-refractivity contribution in [2.24, 2.45) is 5.92 Å². The maximum atomic E-state index is 11.4. The summed E-state index contributed by atoms with van der Waals surface area (Å²) < 4.78 is 4.71. The number of carbonyl (C=O) groups is 1. The number of rotatable bonds is 7. The topological polar surface area (TPSA) is 49.8 Å². The summed E-state index contributed by atoms with van der Waals surface area (Å²) in [6.07, 6.45) is 0. The van der Waals surface area contributed by atoms with E-state index in [0.29, 0.717) is 13.1 Å². The maximum Gasteiger partial charge on any atom is 0.309 e. The molecule has 0 fully saturated rings. The second-order valence-corrected chi connectivity index (χ2v) is 4.37. The number of aliphatic hydroxyl groups is 1. The summed E-state index contributed by atoms with van der Waals surface area (Å²) in [7, 11) is 1.40. The van der Waals surface area contributed by atoms with E-state index in [9.17, 15) is 4.79 Å². The van der Waals surface area contributed by atoms with E-state index in [1.807, 2.05) is 37.3 Å². The number of aliphatic hydroxyl groups excluding tert-OH is 1. The zero-order valence-electron chi connectivity index (χ0n) is 11.0. The molecule has 0 aliphatic heterocycles. The van der Waals surface area contributed by atoms with E-state index in [0.717, 1.165) is 6.54 Å². The Morgan fingerprint density at radius 2 is 2.06 bits per heavy atom. The highest BCUT2D eigenvalue weighted by Crippen LogP contribution is 2.08. The highest BCUT2D eigenvalue weighted by Gasteiger charge is 2.17. The van der Waals surface area contributed by atoms with Crippen LogP contribution in [0.5, 0.6) is 0 Å². The maximum absolute atomic E-state index is 11.4. The van der Waals surface area contributed by atoms with Crippen molar-refractivity contribution in [1.29, 1.82) is 0 Å². The predicted molar refractivity (Wildman–Crippen MR) is 70.0 cm³/mol. The highest BCUT2D eigenvalue weighted by molar-refractivity contribution is 5.72. The third-order valence-corrected chi connectivity index (χ3v) is 2.80. The zero-order valence-corrected chi connectivity index (χ0v) is 11.0. The van der Waals surface area contributed by atoms with Gasteiger partial charge >= 0.3 is 5.97 Å². The molecule has 1 aromatic carbocycles. The summed E-state index contributed by atoms with van der Waals surface area (Å²) >= 11 is 0. The quantitative estimate of drug-likeness (QED) is 0.742. The molecular formula is C14H21NO3. The number of nitrogens with zero attached hydrogens (tertiary/aromatic N) is 1. The third kappa shape index (κ3) is 4.85. The van der Waals surface area contributed by atoms with Gasteiger partial charge in [0.2, 0.25) is 0 Å². The van der Waals surface area contributed by atoms with Crippen LogP contribution >= 0.6 is 0 Å². The first-order chi connectivity index (χ1) is 8.67. The molecule has 4 heteroatoms. The van der Waals surface area contributed by atoms with Crippen molar-refractivity contribution >= 4 is 5.97 Å². The van der Waals surface area contributed by atoms with Crippen LogP contribution in [-0.2, 0) is 16.1 Å². The van der Waals surface area contributed by atoms with Crippen LogP contribution in [0.1, 0.15) is 12.5 Å². The number of methoxy groups -OCH3 is 1. The molecule has 1 atom stereocenters. The fourth-order valence-electron chi connectivity index (χ4n) is 1.88. The Labute approximate surface area is 108 Å². The average Bonchev–Trinajstić information content (AvgIpc) is 2.39. The molecule has 0 spiro atoms. The van der Waals surface area contributed by atoms with Gasteiger partial charge in [0.05, 0.1) is 19.6 Å². The minimum atomic E-state index is -0.217. The van der Waals surface area contributed by atoms with E-state index in [1.165, 1.54) is 12.7 Å². The molecule has 0 aromatic heterocycles. The third-order valence-electron chi connectivity index (χ3n) is 2.80. The number of esters is 1. The summed E-state index contributed by atoms with van der Waals surface area (Å²) in [5, 5.41) is 9.07. The molecule has 1 unspecified atom stereocenters. The molecule has 0 saturated carbocycles. The summed E-state index contributed by atoms with van der Waals surface area (Å²) in [5.41, 5.74) is 1.17. The Morgan fingerprint density at radius 1 is 1.39 bits per heavy atom. The zero-order chi connectivity index (χ0) is 13.4. The fraction of sp³-hybridized carbons (Fsp3) is 0.500. The first kappa shape index (κ1) is 14.7. The van der Waals surface area contributed by atoms with Gasteiger partial charge in [-0.25, -0.2) is 0 Å². The molecule has 4 nitrogen and oxygen atoms in total. The van der Waals surface area contributed by atoms with Crippen molar-refractivity contribution in [2.45, 2.75) is 13.5 Å². The van der Waals surface area contributed by atoms with Gasteiger partial charge in [0, 0.05) is 19.6 Å². The Hall–Kier alpha value is -1.39. The Morgan fingerprint density at radius 3 is 2.61 bits per heavy atom. The first-order valence-corrected chi connectivity index (χ1v) is 6.12. The van der Waals surface area contributed by atoms with Crippen LogP contribution < -0.4 is 0 Å². The smallest absolute Gasteiger partial charge is 0.309 e. The van der Waals surface area contributed by atoms with Gasteiger partial charge in [-0.1, -0.05) is 37.3 Å². The van der Waals surface area contributed by atoms with Gasteiger partial charge in [-0.05, 0) is 5.56 Å². The summed E-state index contributed by atoms with van der Waals surface area (Å²) in [6, 6.07) is 10.0. The fourth-order valence-corrected chi connectivity index (χ4v) is 1.88. The van der Waals surface area contributed by atoms with Crippen LogP contribution in [-0.4, -0.2) is 42.8 Å². The van der Waals surface area contributed by atoms with Crippen molar-refractivity contribution in [3.63, 3.8) is 0 Å². The molecule has 0 heterocycles. The van der Waals surface area contributed by atoms with E-state index < -0.39 is 0 Å². The van der Waals surface area contributed by atoms with Gasteiger partial charge in [0.15, 0.2) is 0 Å². The Balaban J connectivity index is 2.57. The highest BCUT2D eigenvalue weighted by atomic mass is 16.5. The average molecular weight is 251 g/mol. The van der Waals surface area contributed by atoms with Crippen LogP contribution in [0.25, 0.3) is 0 Å². The SMILES string of the molecule is COC(=O)C(C)CN(CCO)Cc1ccccc1. The molecule has 18 heavy (non-hydrogen) atoms. The second-order valence-electron chi connectivity index (χ2n) is 4.37. The lowest BCUT2D eigenvalue weighted by Crippen LogP contribution is -2.34. The van der Waals surface area contributed by atoms with Gasteiger partial charge in [-0.2, -0.15) is 0 Å². The largest absolute Gasteiger partial charge is 0.469 e. The normalized spacial score (nSPS) is 12.4. The Kier molecular flexibility index (Phi) is 6.39. The van der Waals surface area contributed by atoms with E-state index >= 15 is 0 Å². The van der Waals surface area contributed by atoms with E-state index in [1.54, 1.807) is 0 Å². The molecule has 0 radical (unpaired) electrons. The van der Waals surface area contributed by atoms with E-state index in [4.69, 9.17) is 9.84 Å².